The average Bonchev–Trinajstić information content (AvgIpc) is 3.28. The summed E-state index contributed by atoms with van der Waals surface area (Å²) >= 11 is 0. The standard InChI is InChI=1S/C23H21N3O5/c1-10(2)26-22-18(23(29)25-26)17(12-5-7-15(28)16(9-12)30-4)21-19(24-22)13-6-8-14(27)11(3)20(13)31-21/h5-10,24,28H,1-4H3,(H,25,29). The molecule has 0 saturated heterocycles. The summed E-state index contributed by atoms with van der Waals surface area (Å²) in [7, 11) is 1.46. The fourth-order valence-corrected chi connectivity index (χ4v) is 4.11. The molecule has 2 aromatic carbocycles. The molecule has 0 saturated carbocycles. The molecule has 0 unspecified atom stereocenters. The third-order valence-electron chi connectivity index (χ3n) is 5.69. The fourth-order valence-electron chi connectivity index (χ4n) is 4.11. The van der Waals surface area contributed by atoms with E-state index < -0.39 is 0 Å². The van der Waals surface area contributed by atoms with Gasteiger partial charge < -0.3 is 19.2 Å². The van der Waals surface area contributed by atoms with Crippen LogP contribution in [0.15, 0.2) is 44.3 Å². The van der Waals surface area contributed by atoms with Gasteiger partial charge in [-0.05, 0) is 50.6 Å². The summed E-state index contributed by atoms with van der Waals surface area (Å²) in [5.74, 6) is 0.270. The molecule has 31 heavy (non-hydrogen) atoms. The number of pyridine rings is 1. The van der Waals surface area contributed by atoms with Gasteiger partial charge >= 0.3 is 0 Å². The Hall–Kier alpha value is -3.94. The molecule has 0 radical (unpaired) electrons. The molecule has 158 valence electrons. The van der Waals surface area contributed by atoms with Crippen molar-refractivity contribution in [2.24, 2.45) is 0 Å². The molecule has 3 heterocycles. The van der Waals surface area contributed by atoms with Gasteiger partial charge in [-0.3, -0.25) is 19.4 Å². The molecule has 0 spiro atoms. The summed E-state index contributed by atoms with van der Waals surface area (Å²) in [6.45, 7) is 5.66. The summed E-state index contributed by atoms with van der Waals surface area (Å²) in [5, 5.41) is 14.1. The Bertz CT molecular complexity index is 1610. The number of nitrogens with one attached hydrogen (secondary N) is 2. The van der Waals surface area contributed by atoms with Gasteiger partial charge in [0.05, 0.1) is 18.0 Å². The van der Waals surface area contributed by atoms with Crippen molar-refractivity contribution < 1.29 is 14.3 Å². The monoisotopic (exact) mass is 419 g/mol. The normalized spacial score (nSPS) is 11.9. The van der Waals surface area contributed by atoms with Crippen LogP contribution in [0.5, 0.6) is 11.5 Å². The molecule has 0 amide bonds. The van der Waals surface area contributed by atoms with E-state index in [0.717, 1.165) is 5.39 Å². The first kappa shape index (κ1) is 19.0. The number of phenolic OH excluding ortho intramolecular Hbond substituents is 1. The lowest BCUT2D eigenvalue weighted by Crippen LogP contribution is -2.07. The number of aryl methyl sites for hydroxylation is 1. The van der Waals surface area contributed by atoms with E-state index in [1.165, 1.54) is 19.2 Å². The Balaban J connectivity index is 2.05. The van der Waals surface area contributed by atoms with Gasteiger partial charge in [-0.1, -0.05) is 6.07 Å². The van der Waals surface area contributed by atoms with Gasteiger partial charge in [-0.2, -0.15) is 0 Å². The van der Waals surface area contributed by atoms with E-state index in [1.807, 2.05) is 13.8 Å². The van der Waals surface area contributed by atoms with Crippen LogP contribution in [0.25, 0.3) is 44.2 Å². The lowest BCUT2D eigenvalue weighted by Gasteiger charge is -2.11. The molecular weight excluding hydrogens is 398 g/mol. The number of methoxy groups -OCH3 is 1. The molecule has 3 aromatic heterocycles. The Morgan fingerprint density at radius 1 is 1.13 bits per heavy atom. The van der Waals surface area contributed by atoms with Gasteiger partial charge in [0.1, 0.15) is 11.2 Å². The molecule has 5 aromatic rings. The number of furan rings is 1. The number of rotatable bonds is 3. The predicted molar refractivity (Wildman–Crippen MR) is 119 cm³/mol. The number of aromatic amines is 2. The fraction of sp³-hybridized carbons (Fsp3) is 0.217. The zero-order chi connectivity index (χ0) is 22.0. The van der Waals surface area contributed by atoms with Gasteiger partial charge in [-0.25, -0.2) is 0 Å². The van der Waals surface area contributed by atoms with Crippen LogP contribution >= 0.6 is 0 Å². The average molecular weight is 419 g/mol. The highest BCUT2D eigenvalue weighted by Gasteiger charge is 2.24. The van der Waals surface area contributed by atoms with Crippen molar-refractivity contribution in [1.29, 1.82) is 0 Å². The van der Waals surface area contributed by atoms with Crippen LogP contribution in [0.4, 0.5) is 0 Å². The SMILES string of the molecule is COc1cc(-c2c3oc4c(C)c(=O)ccc4c3[nH]c3c2c(=O)[nH]n3C(C)C)ccc1O. The summed E-state index contributed by atoms with van der Waals surface area (Å²) in [5.41, 5.74) is 3.54. The molecule has 0 atom stereocenters. The number of aromatic hydroxyl groups is 1. The number of fused-ring (bicyclic) bond motifs is 4. The lowest BCUT2D eigenvalue weighted by molar-refractivity contribution is 0.373. The molecule has 8 heteroatoms. The quantitative estimate of drug-likeness (QED) is 0.406. The van der Waals surface area contributed by atoms with Crippen molar-refractivity contribution in [2.75, 3.05) is 7.11 Å². The number of H-pyrrole nitrogens is 2. The van der Waals surface area contributed by atoms with E-state index in [9.17, 15) is 14.7 Å². The lowest BCUT2D eigenvalue weighted by atomic mass is 10.0. The maximum absolute atomic E-state index is 13.0. The minimum Gasteiger partial charge on any atom is -0.504 e. The Labute approximate surface area is 175 Å². The predicted octanol–water partition coefficient (Wildman–Crippen LogP) is 4.19. The van der Waals surface area contributed by atoms with Gasteiger partial charge in [0.15, 0.2) is 22.5 Å². The van der Waals surface area contributed by atoms with Crippen molar-refractivity contribution in [3.05, 3.63) is 56.5 Å². The number of benzene rings is 2. The second-order valence-electron chi connectivity index (χ2n) is 7.89. The Morgan fingerprint density at radius 2 is 1.90 bits per heavy atom. The van der Waals surface area contributed by atoms with Crippen molar-refractivity contribution >= 4 is 33.1 Å². The van der Waals surface area contributed by atoms with E-state index in [1.54, 1.807) is 29.8 Å². The Kier molecular flexibility index (Phi) is 4.01. The third kappa shape index (κ3) is 2.61. The molecule has 0 aliphatic heterocycles. The number of ether oxygens (including phenoxy) is 1. The highest BCUT2D eigenvalue weighted by atomic mass is 16.5. The zero-order valence-corrected chi connectivity index (χ0v) is 17.5. The number of hydrogen-bond donors (Lipinski definition) is 3. The zero-order valence-electron chi connectivity index (χ0n) is 17.5. The number of hydrogen-bond acceptors (Lipinski definition) is 5. The van der Waals surface area contributed by atoms with E-state index >= 15 is 0 Å². The van der Waals surface area contributed by atoms with Crippen molar-refractivity contribution in [1.82, 2.24) is 14.8 Å². The van der Waals surface area contributed by atoms with Crippen molar-refractivity contribution in [2.45, 2.75) is 26.8 Å². The van der Waals surface area contributed by atoms with Crippen LogP contribution in [0.2, 0.25) is 0 Å². The maximum atomic E-state index is 13.0. The van der Waals surface area contributed by atoms with Gasteiger partial charge in [0.25, 0.3) is 5.56 Å². The molecule has 0 aliphatic rings. The minimum atomic E-state index is -0.273. The maximum Gasteiger partial charge on any atom is 0.274 e. The van der Waals surface area contributed by atoms with Gasteiger partial charge in [0.2, 0.25) is 0 Å². The van der Waals surface area contributed by atoms with Crippen molar-refractivity contribution in [3.63, 3.8) is 0 Å². The van der Waals surface area contributed by atoms with Crippen LogP contribution < -0.4 is 15.7 Å². The molecule has 8 nitrogen and oxygen atoms in total. The van der Waals surface area contributed by atoms with Crippen LogP contribution in [0.3, 0.4) is 0 Å². The first-order chi connectivity index (χ1) is 14.8. The van der Waals surface area contributed by atoms with Crippen LogP contribution in [0, 0.1) is 6.92 Å². The second kappa shape index (κ2) is 6.53. The number of aromatic nitrogens is 3. The van der Waals surface area contributed by atoms with E-state index in [2.05, 4.69) is 10.1 Å². The molecule has 5 rings (SSSR count). The van der Waals surface area contributed by atoms with Crippen LogP contribution in [-0.4, -0.2) is 27.0 Å². The minimum absolute atomic E-state index is 0.00532. The van der Waals surface area contributed by atoms with Gasteiger partial charge in [-0.15, -0.1) is 0 Å². The van der Waals surface area contributed by atoms with E-state index in [-0.39, 0.29) is 28.5 Å². The largest absolute Gasteiger partial charge is 0.504 e. The summed E-state index contributed by atoms with van der Waals surface area (Å²) in [4.78, 5) is 28.6. The van der Waals surface area contributed by atoms with Crippen LogP contribution in [-0.2, 0) is 0 Å². The molecule has 3 N–H and O–H groups in total. The number of nitrogens with zero attached hydrogens (tertiary/aromatic N) is 1. The van der Waals surface area contributed by atoms with Crippen LogP contribution in [0.1, 0.15) is 25.5 Å². The summed E-state index contributed by atoms with van der Waals surface area (Å²) < 4.78 is 13.2. The third-order valence-corrected chi connectivity index (χ3v) is 5.69. The first-order valence-corrected chi connectivity index (χ1v) is 9.91. The summed E-state index contributed by atoms with van der Waals surface area (Å²) in [6.07, 6.45) is 0. The Morgan fingerprint density at radius 3 is 2.61 bits per heavy atom. The summed E-state index contributed by atoms with van der Waals surface area (Å²) in [6, 6.07) is 8.12. The first-order valence-electron chi connectivity index (χ1n) is 9.91. The van der Waals surface area contributed by atoms with Crippen molar-refractivity contribution in [3.8, 4) is 22.6 Å². The smallest absolute Gasteiger partial charge is 0.274 e. The molecule has 0 aliphatic carbocycles. The van der Waals surface area contributed by atoms with E-state index in [4.69, 9.17) is 9.15 Å². The number of phenols is 1. The molecular formula is C23H21N3O5. The second-order valence-corrected chi connectivity index (χ2v) is 7.89. The highest BCUT2D eigenvalue weighted by Crippen LogP contribution is 2.41. The molecule has 0 bridgehead atoms. The topological polar surface area (TPSA) is 113 Å². The van der Waals surface area contributed by atoms with Gasteiger partial charge in [0, 0.05) is 22.6 Å². The molecule has 0 fully saturated rings. The highest BCUT2D eigenvalue weighted by molar-refractivity contribution is 6.14. The van der Waals surface area contributed by atoms with E-state index in [0.29, 0.717) is 44.4 Å².